The van der Waals surface area contributed by atoms with Gasteiger partial charge in [-0.15, -0.1) is 0 Å². The van der Waals surface area contributed by atoms with Crippen molar-refractivity contribution in [3.8, 4) is 0 Å². The lowest BCUT2D eigenvalue weighted by molar-refractivity contribution is -0.142. The summed E-state index contributed by atoms with van der Waals surface area (Å²) in [5, 5.41) is 37.4. The van der Waals surface area contributed by atoms with E-state index in [0.717, 1.165) is 28.2 Å². The highest BCUT2D eigenvalue weighted by Gasteiger charge is 2.36. The van der Waals surface area contributed by atoms with Crippen LogP contribution in [0.15, 0.2) is 91.1 Å². The monoisotopic (exact) mass is 899 g/mol. The minimum absolute atomic E-state index is 0.0425. The zero-order chi connectivity index (χ0) is 46.2. The molecule has 2 heterocycles. The molecule has 0 saturated carbocycles. The van der Waals surface area contributed by atoms with E-state index in [4.69, 9.17) is 11.5 Å². The molecule has 1 aliphatic rings. The van der Waals surface area contributed by atoms with Crippen LogP contribution in [-0.4, -0.2) is 123 Å². The molecule has 0 unspecified atom stereocenters. The van der Waals surface area contributed by atoms with Gasteiger partial charge in [-0.1, -0.05) is 78.9 Å². The molecular weight excluding hydrogens is 843 g/mol. The van der Waals surface area contributed by atoms with Crippen LogP contribution in [0.3, 0.4) is 0 Å². The van der Waals surface area contributed by atoms with Crippen LogP contribution in [0.5, 0.6) is 0 Å². The maximum absolute atomic E-state index is 14.6. The number of carbonyl (C=O) groups excluding carboxylic acids is 6. The molecular formula is C45H57N9O9S. The fourth-order valence-electron chi connectivity index (χ4n) is 7.19. The molecule has 1 aliphatic heterocycles. The molecule has 342 valence electrons. The number of carboxylic acid groups (broad SMARTS) is 1. The molecule has 18 nitrogen and oxygen atoms in total. The third-order valence-corrected chi connectivity index (χ3v) is 11.9. The Balaban J connectivity index is 1.54. The number of nitrogens with two attached hydrogens (primary N) is 2. The number of benzene rings is 3. The number of aliphatic hydroxyl groups excluding tert-OH is 1. The van der Waals surface area contributed by atoms with Crippen LogP contribution in [0.2, 0.25) is 0 Å². The molecule has 6 amide bonds. The highest BCUT2D eigenvalue weighted by atomic mass is 32.2. The van der Waals surface area contributed by atoms with E-state index < -0.39 is 89.8 Å². The Kier molecular flexibility index (Phi) is 18.3. The molecule has 0 radical (unpaired) electrons. The summed E-state index contributed by atoms with van der Waals surface area (Å²) in [6.07, 6.45) is 1.13. The zero-order valence-electron chi connectivity index (χ0n) is 35.5. The molecule has 1 saturated heterocycles. The van der Waals surface area contributed by atoms with Gasteiger partial charge in [-0.2, -0.15) is 11.8 Å². The largest absolute Gasteiger partial charge is 0.480 e. The van der Waals surface area contributed by atoms with Crippen molar-refractivity contribution in [3.05, 3.63) is 108 Å². The van der Waals surface area contributed by atoms with Crippen molar-refractivity contribution >= 4 is 64.1 Å². The van der Waals surface area contributed by atoms with Gasteiger partial charge in [0.1, 0.15) is 36.3 Å². The summed E-state index contributed by atoms with van der Waals surface area (Å²) < 4.78 is 0. The van der Waals surface area contributed by atoms with Crippen LogP contribution >= 0.6 is 11.8 Å². The van der Waals surface area contributed by atoms with Gasteiger partial charge in [-0.3, -0.25) is 28.8 Å². The number of para-hydroxylation sites is 1. The average molecular weight is 900 g/mol. The van der Waals surface area contributed by atoms with Crippen molar-refractivity contribution < 1.29 is 43.8 Å². The summed E-state index contributed by atoms with van der Waals surface area (Å²) in [6.45, 7) is 1.52. The van der Waals surface area contributed by atoms with Gasteiger partial charge in [0, 0.05) is 41.4 Å². The highest BCUT2D eigenvalue weighted by Crippen LogP contribution is 2.20. The first-order valence-corrected chi connectivity index (χ1v) is 22.3. The third kappa shape index (κ3) is 14.1. The SMILES string of the molecule is C[C@@H](O)[C@@H]1NC(=O)[C@H](CCCCN)NC(=O)[C@@H](Cc2c[nH]c3ccccc23)NC(=O)[C@H](Cc2ccccc2)NC(=O)[C@@H](NC(=O)[C@H](N)Cc2ccccc2)CSC[C@@H](C(=O)O)NC1=O. The van der Waals surface area contributed by atoms with Crippen molar-refractivity contribution in [3.63, 3.8) is 0 Å². The second-order valence-corrected chi connectivity index (χ2v) is 16.8. The quantitative estimate of drug-likeness (QED) is 0.0733. The standard InChI is InChI=1S/C45H57N9O9S/c1-26(55)38-44(61)53-37(45(62)63)25-64-24-36(52-39(56)31(47)20-27-12-4-2-5-13-27)43(60)50-34(21-28-14-6-3-7-15-28)41(58)51-35(22-29-23-48-32-17-9-8-16-30(29)32)42(59)49-33(40(57)54-38)18-10-11-19-46/h2-9,12-17,23,26,31,33-38,48,55H,10-11,18-22,24-25,46-47H2,1H3,(H,49,59)(H,50,60)(H,51,58)(H,52,56)(H,53,61)(H,54,57)(H,62,63)/t26-,31-,33+,34+,35-,36+,37+,38+/m1/s1. The lowest BCUT2D eigenvalue weighted by atomic mass is 10.0. The van der Waals surface area contributed by atoms with Gasteiger partial charge in [-0.05, 0) is 61.9 Å². The predicted octanol–water partition coefficient (Wildman–Crippen LogP) is -0.227. The Bertz CT molecular complexity index is 2230. The second kappa shape index (κ2) is 24.0. The molecule has 3 aromatic carbocycles. The number of aliphatic hydroxyl groups is 1. The van der Waals surface area contributed by atoms with Gasteiger partial charge < -0.3 is 58.6 Å². The zero-order valence-corrected chi connectivity index (χ0v) is 36.3. The van der Waals surface area contributed by atoms with Crippen LogP contribution in [0, 0.1) is 0 Å². The molecule has 5 rings (SSSR count). The van der Waals surface area contributed by atoms with E-state index in [0.29, 0.717) is 24.0 Å². The van der Waals surface area contributed by atoms with Crippen molar-refractivity contribution in [2.45, 2.75) is 93.8 Å². The van der Waals surface area contributed by atoms with E-state index in [1.165, 1.54) is 6.92 Å². The number of aromatic amines is 1. The van der Waals surface area contributed by atoms with Crippen LogP contribution in [0.25, 0.3) is 10.9 Å². The molecule has 19 heteroatoms. The molecule has 8 atom stereocenters. The molecule has 64 heavy (non-hydrogen) atoms. The maximum atomic E-state index is 14.6. The number of amides is 6. The Morgan fingerprint density at radius 3 is 1.98 bits per heavy atom. The minimum Gasteiger partial charge on any atom is -0.480 e. The number of aromatic nitrogens is 1. The molecule has 4 aromatic rings. The van der Waals surface area contributed by atoms with Gasteiger partial charge >= 0.3 is 5.97 Å². The fraction of sp³-hybridized carbons (Fsp3) is 0.400. The fourth-order valence-corrected chi connectivity index (χ4v) is 8.26. The first kappa shape index (κ1) is 48.7. The van der Waals surface area contributed by atoms with Gasteiger partial charge in [0.05, 0.1) is 12.1 Å². The number of rotatable bonds is 14. The number of hydrogen-bond donors (Lipinski definition) is 11. The molecule has 0 bridgehead atoms. The summed E-state index contributed by atoms with van der Waals surface area (Å²) in [5.41, 5.74) is 14.9. The van der Waals surface area contributed by atoms with Gasteiger partial charge in [0.25, 0.3) is 0 Å². The number of carboxylic acids is 1. The first-order valence-electron chi connectivity index (χ1n) is 21.1. The van der Waals surface area contributed by atoms with Gasteiger partial charge in [-0.25, -0.2) is 4.79 Å². The Hall–Kier alpha value is -6.28. The summed E-state index contributed by atoms with van der Waals surface area (Å²) in [5.74, 6) is -6.91. The summed E-state index contributed by atoms with van der Waals surface area (Å²) in [7, 11) is 0. The summed E-state index contributed by atoms with van der Waals surface area (Å²) >= 11 is 0.909. The minimum atomic E-state index is -1.65. The van der Waals surface area contributed by atoms with E-state index in [9.17, 15) is 43.8 Å². The van der Waals surface area contributed by atoms with Gasteiger partial charge in [0.2, 0.25) is 35.4 Å². The average Bonchev–Trinajstić information content (AvgIpc) is 3.69. The lowest BCUT2D eigenvalue weighted by Gasteiger charge is -2.28. The van der Waals surface area contributed by atoms with Crippen LogP contribution in [0.1, 0.15) is 42.9 Å². The number of hydrogen-bond acceptors (Lipinski definition) is 11. The molecule has 1 aromatic heterocycles. The van der Waals surface area contributed by atoms with Crippen molar-refractivity contribution in [1.29, 1.82) is 0 Å². The Morgan fingerprint density at radius 2 is 1.33 bits per heavy atom. The van der Waals surface area contributed by atoms with Crippen molar-refractivity contribution in [2.24, 2.45) is 11.5 Å². The van der Waals surface area contributed by atoms with E-state index >= 15 is 0 Å². The Morgan fingerprint density at radius 1 is 0.734 bits per heavy atom. The lowest BCUT2D eigenvalue weighted by Crippen LogP contribution is -2.61. The normalized spacial score (nSPS) is 22.8. The van der Waals surface area contributed by atoms with Gasteiger partial charge in [0.15, 0.2) is 0 Å². The van der Waals surface area contributed by atoms with Crippen LogP contribution < -0.4 is 43.4 Å². The predicted molar refractivity (Wildman–Crippen MR) is 241 cm³/mol. The molecule has 13 N–H and O–H groups in total. The summed E-state index contributed by atoms with van der Waals surface area (Å²) in [4.78, 5) is 100. The smallest absolute Gasteiger partial charge is 0.327 e. The number of thioether (sulfide) groups is 1. The number of H-pyrrole nitrogens is 1. The first-order chi connectivity index (χ1) is 30.7. The van der Waals surface area contributed by atoms with E-state index in [1.807, 2.05) is 30.3 Å². The van der Waals surface area contributed by atoms with E-state index in [1.54, 1.807) is 60.8 Å². The number of nitrogens with one attached hydrogen (secondary N) is 7. The van der Waals surface area contributed by atoms with Crippen molar-refractivity contribution in [1.82, 2.24) is 36.9 Å². The Labute approximate surface area is 374 Å². The van der Waals surface area contributed by atoms with Crippen LogP contribution in [-0.2, 0) is 52.8 Å². The van der Waals surface area contributed by atoms with E-state index in [2.05, 4.69) is 36.9 Å². The third-order valence-electron chi connectivity index (χ3n) is 10.7. The second-order valence-electron chi connectivity index (χ2n) is 15.7. The number of aliphatic carboxylic acids is 1. The van der Waals surface area contributed by atoms with Crippen LogP contribution in [0.4, 0.5) is 0 Å². The molecule has 0 spiro atoms. The van der Waals surface area contributed by atoms with Crippen molar-refractivity contribution in [2.75, 3.05) is 18.1 Å². The summed E-state index contributed by atoms with van der Waals surface area (Å²) in [6, 6.07) is 15.5. The number of unbranched alkanes of at least 4 members (excludes halogenated alkanes) is 1. The molecule has 1 fully saturated rings. The topological polar surface area (TPSA) is 300 Å². The highest BCUT2D eigenvalue weighted by molar-refractivity contribution is 7.99. The molecule has 0 aliphatic carbocycles. The van der Waals surface area contributed by atoms with E-state index in [-0.39, 0.29) is 43.7 Å². The number of carbonyl (C=O) groups is 7. The maximum Gasteiger partial charge on any atom is 0.327 e. The number of fused-ring (bicyclic) bond motifs is 1.